The fourth-order valence-corrected chi connectivity index (χ4v) is 3.50. The molecule has 1 saturated carbocycles. The van der Waals surface area contributed by atoms with Crippen LogP contribution in [0.5, 0.6) is 0 Å². The van der Waals surface area contributed by atoms with Gasteiger partial charge < -0.3 is 10.2 Å². The molecule has 19 heavy (non-hydrogen) atoms. The van der Waals surface area contributed by atoms with Crippen molar-refractivity contribution in [2.24, 2.45) is 5.92 Å². The van der Waals surface area contributed by atoms with Gasteiger partial charge in [0.25, 0.3) is 0 Å². The fraction of sp³-hybridized carbons (Fsp3) is 0.615. The Balaban J connectivity index is 1.60. The van der Waals surface area contributed by atoms with Gasteiger partial charge in [-0.3, -0.25) is 9.59 Å². The first-order chi connectivity index (χ1) is 9.24. The lowest BCUT2D eigenvalue weighted by atomic mass is 10.1. The van der Waals surface area contributed by atoms with Crippen molar-refractivity contribution in [1.29, 1.82) is 0 Å². The minimum atomic E-state index is -0.225. The maximum atomic E-state index is 12.1. The van der Waals surface area contributed by atoms with Crippen molar-refractivity contribution in [3.05, 3.63) is 11.6 Å². The van der Waals surface area contributed by atoms with Gasteiger partial charge in [-0.25, -0.2) is 4.98 Å². The van der Waals surface area contributed by atoms with Crippen molar-refractivity contribution >= 4 is 28.3 Å². The number of carbonyl (C=O) groups is 2. The number of hydrogen-bond donors (Lipinski definition) is 1. The Morgan fingerprint density at radius 1 is 1.42 bits per heavy atom. The molecule has 0 spiro atoms. The number of amides is 2. The maximum Gasteiger partial charge on any atom is 0.231 e. The van der Waals surface area contributed by atoms with Crippen LogP contribution >= 0.6 is 11.3 Å². The van der Waals surface area contributed by atoms with Gasteiger partial charge in [0.1, 0.15) is 0 Å². The van der Waals surface area contributed by atoms with Crippen LogP contribution in [0.3, 0.4) is 0 Å². The summed E-state index contributed by atoms with van der Waals surface area (Å²) in [4.78, 5) is 30.1. The first-order valence-corrected chi connectivity index (χ1v) is 7.62. The summed E-state index contributed by atoms with van der Waals surface area (Å²) in [7, 11) is 0. The summed E-state index contributed by atoms with van der Waals surface area (Å²) in [5.74, 6) is -0.174. The van der Waals surface area contributed by atoms with Crippen molar-refractivity contribution < 1.29 is 9.59 Å². The Kier molecular flexibility index (Phi) is 3.50. The van der Waals surface area contributed by atoms with E-state index in [1.165, 1.54) is 24.2 Å². The van der Waals surface area contributed by atoms with E-state index in [9.17, 15) is 9.59 Å². The zero-order valence-corrected chi connectivity index (χ0v) is 11.5. The van der Waals surface area contributed by atoms with Crippen LogP contribution in [0, 0.1) is 5.92 Å². The van der Waals surface area contributed by atoms with Crippen molar-refractivity contribution in [2.75, 3.05) is 11.9 Å². The second kappa shape index (κ2) is 5.28. The molecule has 2 heterocycles. The molecule has 1 N–H and O–H groups in total. The van der Waals surface area contributed by atoms with Crippen LogP contribution < -0.4 is 5.32 Å². The monoisotopic (exact) mass is 279 g/mol. The van der Waals surface area contributed by atoms with E-state index in [0.29, 0.717) is 24.1 Å². The quantitative estimate of drug-likeness (QED) is 0.918. The third-order valence-electron chi connectivity index (χ3n) is 3.96. The number of likely N-dealkylation sites (tertiary alicyclic amines) is 1. The molecule has 1 aliphatic heterocycles. The van der Waals surface area contributed by atoms with Crippen molar-refractivity contribution in [1.82, 2.24) is 9.88 Å². The highest BCUT2D eigenvalue weighted by Crippen LogP contribution is 2.30. The summed E-state index contributed by atoms with van der Waals surface area (Å²) >= 11 is 1.40. The van der Waals surface area contributed by atoms with Crippen molar-refractivity contribution in [3.63, 3.8) is 0 Å². The Morgan fingerprint density at radius 3 is 2.89 bits per heavy atom. The molecule has 0 bridgehead atoms. The van der Waals surface area contributed by atoms with Gasteiger partial charge in [-0.15, -0.1) is 11.3 Å². The molecule has 0 unspecified atom stereocenters. The molecule has 0 radical (unpaired) electrons. The van der Waals surface area contributed by atoms with Crippen LogP contribution in [-0.4, -0.2) is 34.3 Å². The number of hydrogen-bond acceptors (Lipinski definition) is 4. The molecule has 6 heteroatoms. The SMILES string of the molecule is O=C(Nc1nccs1)[C@H]1CC(=O)N(C2CCCC2)C1. The van der Waals surface area contributed by atoms with E-state index >= 15 is 0 Å². The predicted octanol–water partition coefficient (Wildman–Crippen LogP) is 1.87. The average Bonchev–Trinajstić information content (AvgIpc) is 3.07. The molecule has 1 atom stereocenters. The lowest BCUT2D eigenvalue weighted by molar-refractivity contribution is -0.129. The van der Waals surface area contributed by atoms with Gasteiger partial charge in [0.2, 0.25) is 11.8 Å². The normalized spacial score (nSPS) is 24.1. The number of anilines is 1. The van der Waals surface area contributed by atoms with Crippen LogP contribution in [0.2, 0.25) is 0 Å². The number of nitrogens with one attached hydrogen (secondary N) is 1. The summed E-state index contributed by atoms with van der Waals surface area (Å²) in [6.45, 7) is 0.570. The number of aromatic nitrogens is 1. The highest BCUT2D eigenvalue weighted by Gasteiger charge is 2.38. The van der Waals surface area contributed by atoms with Gasteiger partial charge in [0.15, 0.2) is 5.13 Å². The van der Waals surface area contributed by atoms with Crippen LogP contribution in [0.25, 0.3) is 0 Å². The fourth-order valence-electron chi connectivity index (χ4n) is 2.97. The van der Waals surface area contributed by atoms with E-state index in [1.54, 1.807) is 6.20 Å². The summed E-state index contributed by atoms with van der Waals surface area (Å²) < 4.78 is 0. The number of nitrogens with zero attached hydrogens (tertiary/aromatic N) is 2. The first kappa shape index (κ1) is 12.6. The second-order valence-electron chi connectivity index (χ2n) is 5.21. The molecule has 3 rings (SSSR count). The average molecular weight is 279 g/mol. The van der Waals surface area contributed by atoms with E-state index in [-0.39, 0.29) is 17.7 Å². The van der Waals surface area contributed by atoms with Gasteiger partial charge in [-0.1, -0.05) is 12.8 Å². The Bertz CT molecular complexity index is 468. The molecule has 1 aromatic rings. The van der Waals surface area contributed by atoms with Crippen LogP contribution in [0.4, 0.5) is 5.13 Å². The predicted molar refractivity (Wildman–Crippen MR) is 72.8 cm³/mol. The molecule has 1 saturated heterocycles. The second-order valence-corrected chi connectivity index (χ2v) is 6.11. The highest BCUT2D eigenvalue weighted by molar-refractivity contribution is 7.13. The minimum absolute atomic E-state index is 0.0798. The first-order valence-electron chi connectivity index (χ1n) is 6.74. The van der Waals surface area contributed by atoms with E-state index in [2.05, 4.69) is 10.3 Å². The third-order valence-corrected chi connectivity index (χ3v) is 4.65. The molecule has 1 aliphatic carbocycles. The summed E-state index contributed by atoms with van der Waals surface area (Å²) in [6.07, 6.45) is 6.58. The van der Waals surface area contributed by atoms with Gasteiger partial charge in [0, 0.05) is 30.6 Å². The van der Waals surface area contributed by atoms with E-state index < -0.39 is 0 Å². The van der Waals surface area contributed by atoms with Gasteiger partial charge in [0.05, 0.1) is 5.92 Å². The number of carbonyl (C=O) groups excluding carboxylic acids is 2. The highest BCUT2D eigenvalue weighted by atomic mass is 32.1. The Labute approximate surface area is 116 Å². The van der Waals surface area contributed by atoms with Gasteiger partial charge in [-0.2, -0.15) is 0 Å². The molecule has 2 aliphatic rings. The van der Waals surface area contributed by atoms with Crippen LogP contribution in [0.1, 0.15) is 32.1 Å². The molecule has 2 fully saturated rings. The zero-order valence-electron chi connectivity index (χ0n) is 10.7. The topological polar surface area (TPSA) is 62.3 Å². The summed E-state index contributed by atoms with van der Waals surface area (Å²) in [5.41, 5.74) is 0. The molecular formula is C13H17N3O2S. The van der Waals surface area contributed by atoms with Crippen LogP contribution in [-0.2, 0) is 9.59 Å². The molecular weight excluding hydrogens is 262 g/mol. The maximum absolute atomic E-state index is 12.1. The van der Waals surface area contributed by atoms with Crippen molar-refractivity contribution in [2.45, 2.75) is 38.1 Å². The van der Waals surface area contributed by atoms with Gasteiger partial charge >= 0.3 is 0 Å². The van der Waals surface area contributed by atoms with Crippen molar-refractivity contribution in [3.8, 4) is 0 Å². The third kappa shape index (κ3) is 2.63. The summed E-state index contributed by atoms with van der Waals surface area (Å²) in [6, 6.07) is 0.366. The molecule has 102 valence electrons. The molecule has 0 aromatic carbocycles. The lowest BCUT2D eigenvalue weighted by Crippen LogP contribution is -2.35. The Hall–Kier alpha value is -1.43. The number of rotatable bonds is 3. The summed E-state index contributed by atoms with van der Waals surface area (Å²) in [5, 5.41) is 5.21. The standard InChI is InChI=1S/C13H17N3O2S/c17-11-7-9(8-16(11)10-3-1-2-4-10)12(18)15-13-14-5-6-19-13/h5-6,9-10H,1-4,7-8H2,(H,14,15,18)/t9-/m0/s1. The minimum Gasteiger partial charge on any atom is -0.339 e. The zero-order chi connectivity index (χ0) is 13.2. The van der Waals surface area contributed by atoms with E-state index in [1.807, 2.05) is 10.3 Å². The lowest BCUT2D eigenvalue weighted by Gasteiger charge is -2.23. The van der Waals surface area contributed by atoms with Gasteiger partial charge in [-0.05, 0) is 12.8 Å². The smallest absolute Gasteiger partial charge is 0.231 e. The largest absolute Gasteiger partial charge is 0.339 e. The van der Waals surface area contributed by atoms with E-state index in [0.717, 1.165) is 12.8 Å². The molecule has 5 nitrogen and oxygen atoms in total. The van der Waals surface area contributed by atoms with E-state index in [4.69, 9.17) is 0 Å². The van der Waals surface area contributed by atoms with Crippen LogP contribution in [0.15, 0.2) is 11.6 Å². The Morgan fingerprint density at radius 2 is 2.21 bits per heavy atom. The number of thiazole rings is 1. The molecule has 2 amide bonds. The molecule has 1 aromatic heterocycles.